The number of benzene rings is 1. The first-order valence-electron chi connectivity index (χ1n) is 5.52. The number of rotatable bonds is 4. The van der Waals surface area contributed by atoms with Gasteiger partial charge in [0.1, 0.15) is 11.6 Å². The number of halogens is 2. The summed E-state index contributed by atoms with van der Waals surface area (Å²) < 4.78 is 23.6. The van der Waals surface area contributed by atoms with Gasteiger partial charge < -0.3 is 9.47 Å². The van der Waals surface area contributed by atoms with Crippen LogP contribution < -0.4 is 9.47 Å². The van der Waals surface area contributed by atoms with Gasteiger partial charge in [0.25, 0.3) is 0 Å². The summed E-state index contributed by atoms with van der Waals surface area (Å²) in [6.45, 7) is 2.18. The van der Waals surface area contributed by atoms with E-state index in [9.17, 15) is 4.39 Å². The van der Waals surface area contributed by atoms with E-state index in [0.29, 0.717) is 17.9 Å². The topological polar surface area (TPSA) is 57.1 Å². The largest absolute Gasteiger partial charge is 0.496 e. The first kappa shape index (κ1) is 13.5. The fourth-order valence-corrected chi connectivity index (χ4v) is 1.65. The van der Waals surface area contributed by atoms with E-state index in [1.54, 1.807) is 6.92 Å². The smallest absolute Gasteiger partial charge is 0.321 e. The predicted octanol–water partition coefficient (Wildman–Crippen LogP) is 2.74. The molecule has 0 radical (unpaired) electrons. The van der Waals surface area contributed by atoms with Crippen LogP contribution in [0.4, 0.5) is 4.39 Å². The fourth-order valence-electron chi connectivity index (χ4n) is 1.50. The molecule has 2 aromatic rings. The van der Waals surface area contributed by atoms with Crippen LogP contribution in [0.1, 0.15) is 6.92 Å². The van der Waals surface area contributed by atoms with E-state index in [1.165, 1.54) is 25.3 Å². The number of methoxy groups -OCH3 is 1. The molecular formula is C12H11ClFN3O2. The van der Waals surface area contributed by atoms with Crippen molar-refractivity contribution in [2.75, 3.05) is 13.7 Å². The van der Waals surface area contributed by atoms with Gasteiger partial charge in [0.15, 0.2) is 5.82 Å². The van der Waals surface area contributed by atoms with E-state index in [2.05, 4.69) is 15.0 Å². The highest BCUT2D eigenvalue weighted by atomic mass is 35.5. The van der Waals surface area contributed by atoms with Crippen molar-refractivity contribution in [1.82, 2.24) is 15.0 Å². The van der Waals surface area contributed by atoms with E-state index in [4.69, 9.17) is 21.1 Å². The van der Waals surface area contributed by atoms with Crippen molar-refractivity contribution in [1.29, 1.82) is 0 Å². The first-order chi connectivity index (χ1) is 9.13. The summed E-state index contributed by atoms with van der Waals surface area (Å²) in [5.74, 6) is 0.205. The minimum Gasteiger partial charge on any atom is -0.496 e. The van der Waals surface area contributed by atoms with E-state index in [0.717, 1.165) is 0 Å². The Labute approximate surface area is 114 Å². The Morgan fingerprint density at radius 3 is 2.74 bits per heavy atom. The molecule has 0 amide bonds. The van der Waals surface area contributed by atoms with Crippen LogP contribution in [0, 0.1) is 5.82 Å². The van der Waals surface area contributed by atoms with Crippen molar-refractivity contribution in [3.63, 3.8) is 0 Å². The summed E-state index contributed by atoms with van der Waals surface area (Å²) in [7, 11) is 1.48. The highest BCUT2D eigenvalue weighted by molar-refractivity contribution is 6.28. The molecule has 1 heterocycles. The molecule has 0 aliphatic carbocycles. The summed E-state index contributed by atoms with van der Waals surface area (Å²) in [6, 6.07) is 4.13. The third-order valence-electron chi connectivity index (χ3n) is 2.26. The molecule has 0 aliphatic heterocycles. The molecule has 0 saturated carbocycles. The SMILES string of the molecule is CCOc1nc(Cl)nc(-c2cc(F)ccc2OC)n1. The van der Waals surface area contributed by atoms with Crippen molar-refractivity contribution in [2.24, 2.45) is 0 Å². The van der Waals surface area contributed by atoms with Gasteiger partial charge in [-0.1, -0.05) is 0 Å². The van der Waals surface area contributed by atoms with Crippen LogP contribution >= 0.6 is 11.6 Å². The number of nitrogens with zero attached hydrogens (tertiary/aromatic N) is 3. The molecule has 1 aromatic heterocycles. The van der Waals surface area contributed by atoms with Gasteiger partial charge >= 0.3 is 6.01 Å². The predicted molar refractivity (Wildman–Crippen MR) is 68.0 cm³/mol. The normalized spacial score (nSPS) is 10.3. The van der Waals surface area contributed by atoms with Gasteiger partial charge in [0.2, 0.25) is 5.28 Å². The summed E-state index contributed by atoms with van der Waals surface area (Å²) in [4.78, 5) is 11.8. The molecule has 19 heavy (non-hydrogen) atoms. The standard InChI is InChI=1S/C12H11ClFN3O2/c1-3-19-12-16-10(15-11(13)17-12)8-6-7(14)4-5-9(8)18-2/h4-6H,3H2,1-2H3. The molecule has 5 nitrogen and oxygen atoms in total. The van der Waals surface area contributed by atoms with Crippen molar-refractivity contribution in [3.8, 4) is 23.1 Å². The highest BCUT2D eigenvalue weighted by Crippen LogP contribution is 2.29. The van der Waals surface area contributed by atoms with Crippen molar-refractivity contribution < 1.29 is 13.9 Å². The second-order valence-corrected chi connectivity index (χ2v) is 3.83. The van der Waals surface area contributed by atoms with Gasteiger partial charge in [0, 0.05) is 0 Å². The van der Waals surface area contributed by atoms with Crippen LogP contribution in [0.5, 0.6) is 11.8 Å². The molecule has 0 N–H and O–H groups in total. The van der Waals surface area contributed by atoms with Gasteiger partial charge in [-0.15, -0.1) is 0 Å². The lowest BCUT2D eigenvalue weighted by Crippen LogP contribution is -2.02. The average molecular weight is 284 g/mol. The van der Waals surface area contributed by atoms with E-state index < -0.39 is 5.82 Å². The van der Waals surface area contributed by atoms with Gasteiger partial charge in [-0.2, -0.15) is 15.0 Å². The van der Waals surface area contributed by atoms with Crippen molar-refractivity contribution in [2.45, 2.75) is 6.92 Å². The van der Waals surface area contributed by atoms with Crippen LogP contribution in [-0.4, -0.2) is 28.7 Å². The third kappa shape index (κ3) is 3.08. The minimum absolute atomic E-state index is 0.0280. The zero-order valence-corrected chi connectivity index (χ0v) is 11.1. The van der Waals surface area contributed by atoms with Crippen molar-refractivity contribution >= 4 is 11.6 Å². The van der Waals surface area contributed by atoms with Crippen LogP contribution in [0.25, 0.3) is 11.4 Å². The maximum absolute atomic E-state index is 13.3. The van der Waals surface area contributed by atoms with E-state index in [-0.39, 0.29) is 17.1 Å². The Hall–Kier alpha value is -1.95. The fraction of sp³-hybridized carbons (Fsp3) is 0.250. The zero-order valence-electron chi connectivity index (χ0n) is 10.4. The van der Waals surface area contributed by atoms with E-state index >= 15 is 0 Å². The maximum Gasteiger partial charge on any atom is 0.321 e. The van der Waals surface area contributed by atoms with Crippen LogP contribution in [0.3, 0.4) is 0 Å². The molecule has 2 rings (SSSR count). The maximum atomic E-state index is 13.3. The highest BCUT2D eigenvalue weighted by Gasteiger charge is 2.13. The van der Waals surface area contributed by atoms with Crippen LogP contribution in [-0.2, 0) is 0 Å². The molecule has 0 bridgehead atoms. The average Bonchev–Trinajstić information content (AvgIpc) is 2.38. The lowest BCUT2D eigenvalue weighted by molar-refractivity contribution is 0.312. The Balaban J connectivity index is 2.54. The van der Waals surface area contributed by atoms with E-state index in [1.807, 2.05) is 0 Å². The number of hydrogen-bond acceptors (Lipinski definition) is 5. The Morgan fingerprint density at radius 1 is 1.26 bits per heavy atom. The molecule has 1 aromatic carbocycles. The monoisotopic (exact) mass is 283 g/mol. The molecule has 0 fully saturated rings. The Kier molecular flexibility index (Phi) is 4.11. The lowest BCUT2D eigenvalue weighted by atomic mass is 10.2. The molecular weight excluding hydrogens is 273 g/mol. The number of ether oxygens (including phenoxy) is 2. The Bertz CT molecular complexity index is 595. The summed E-state index contributed by atoms with van der Waals surface area (Å²) in [5.41, 5.74) is 0.382. The van der Waals surface area contributed by atoms with Crippen LogP contribution in [0.2, 0.25) is 5.28 Å². The third-order valence-corrected chi connectivity index (χ3v) is 2.43. The van der Waals surface area contributed by atoms with Gasteiger partial charge in [0.05, 0.1) is 19.3 Å². The minimum atomic E-state index is -0.426. The van der Waals surface area contributed by atoms with Crippen LogP contribution in [0.15, 0.2) is 18.2 Å². The quantitative estimate of drug-likeness (QED) is 0.863. The first-order valence-corrected chi connectivity index (χ1v) is 5.90. The molecule has 7 heteroatoms. The number of aromatic nitrogens is 3. The van der Waals surface area contributed by atoms with Crippen molar-refractivity contribution in [3.05, 3.63) is 29.3 Å². The molecule has 100 valence electrons. The molecule has 0 spiro atoms. The summed E-state index contributed by atoms with van der Waals surface area (Å²) in [5, 5.41) is -0.0280. The Morgan fingerprint density at radius 2 is 2.05 bits per heavy atom. The molecule has 0 aliphatic rings. The zero-order chi connectivity index (χ0) is 13.8. The van der Waals surface area contributed by atoms with Gasteiger partial charge in [-0.25, -0.2) is 4.39 Å². The second-order valence-electron chi connectivity index (χ2n) is 3.49. The summed E-state index contributed by atoms with van der Waals surface area (Å²) in [6.07, 6.45) is 0. The number of hydrogen-bond donors (Lipinski definition) is 0. The lowest BCUT2D eigenvalue weighted by Gasteiger charge is -2.08. The van der Waals surface area contributed by atoms with Gasteiger partial charge in [-0.3, -0.25) is 0 Å². The second kappa shape index (κ2) is 5.79. The molecule has 0 saturated heterocycles. The summed E-state index contributed by atoms with van der Waals surface area (Å²) >= 11 is 5.79. The van der Waals surface area contributed by atoms with Gasteiger partial charge in [-0.05, 0) is 36.7 Å². The molecule has 0 atom stereocenters. The molecule has 0 unspecified atom stereocenters.